The van der Waals surface area contributed by atoms with Crippen molar-refractivity contribution in [2.24, 2.45) is 0 Å². The van der Waals surface area contributed by atoms with Crippen molar-refractivity contribution in [2.75, 3.05) is 31.1 Å². The fraction of sp³-hybridized carbons (Fsp3) is 0.250. The Balaban J connectivity index is 1.49. The van der Waals surface area contributed by atoms with Gasteiger partial charge in [-0.2, -0.15) is 0 Å². The van der Waals surface area contributed by atoms with Crippen LogP contribution in [-0.4, -0.2) is 37.0 Å². The van der Waals surface area contributed by atoms with E-state index in [1.54, 1.807) is 12.1 Å². The number of piperazine rings is 1. The molecule has 25 heavy (non-hydrogen) atoms. The Morgan fingerprint density at radius 1 is 1.00 bits per heavy atom. The molecular formula is C20H19FN2O2. The maximum Gasteiger partial charge on any atom is 0.290 e. The number of halogens is 1. The molecule has 0 spiro atoms. The van der Waals surface area contributed by atoms with E-state index >= 15 is 0 Å². The number of para-hydroxylation sites is 1. The number of furan rings is 1. The summed E-state index contributed by atoms with van der Waals surface area (Å²) in [4.78, 5) is 16.8. The molecule has 5 heteroatoms. The predicted molar refractivity (Wildman–Crippen MR) is 95.5 cm³/mol. The second kappa shape index (κ2) is 6.24. The van der Waals surface area contributed by atoms with E-state index < -0.39 is 0 Å². The van der Waals surface area contributed by atoms with E-state index in [9.17, 15) is 9.18 Å². The number of benzene rings is 2. The molecular weight excluding hydrogens is 319 g/mol. The van der Waals surface area contributed by atoms with Gasteiger partial charge in [-0.3, -0.25) is 4.79 Å². The lowest BCUT2D eigenvalue weighted by Crippen LogP contribution is -2.48. The maximum absolute atomic E-state index is 13.1. The van der Waals surface area contributed by atoms with Crippen molar-refractivity contribution in [1.82, 2.24) is 4.90 Å². The number of nitrogens with zero attached hydrogens (tertiary/aromatic N) is 2. The summed E-state index contributed by atoms with van der Waals surface area (Å²) in [5.74, 6) is 0.127. The number of amides is 1. The highest BCUT2D eigenvalue weighted by molar-refractivity contribution is 5.99. The van der Waals surface area contributed by atoms with E-state index in [2.05, 4.69) is 4.90 Å². The van der Waals surface area contributed by atoms with Gasteiger partial charge in [0.1, 0.15) is 11.4 Å². The smallest absolute Gasteiger partial charge is 0.290 e. The third-order valence-electron chi connectivity index (χ3n) is 4.80. The number of carbonyl (C=O) groups excluding carboxylic acids is 1. The van der Waals surface area contributed by atoms with Crippen molar-refractivity contribution >= 4 is 22.6 Å². The molecule has 1 aromatic heterocycles. The third-order valence-corrected chi connectivity index (χ3v) is 4.80. The molecule has 0 radical (unpaired) electrons. The molecule has 1 saturated heterocycles. The van der Waals surface area contributed by atoms with Crippen LogP contribution in [0.2, 0.25) is 0 Å². The standard InChI is InChI=1S/C20H19FN2O2/c1-14-17-4-2-3-5-18(17)25-19(14)20(24)23-12-10-22(11-13-23)16-8-6-15(21)7-9-16/h2-9H,10-13H2,1H3. The lowest BCUT2D eigenvalue weighted by molar-refractivity contribution is 0.0716. The zero-order valence-electron chi connectivity index (χ0n) is 14.0. The van der Waals surface area contributed by atoms with Crippen LogP contribution in [0.3, 0.4) is 0 Å². The van der Waals surface area contributed by atoms with E-state index in [1.165, 1.54) is 12.1 Å². The zero-order chi connectivity index (χ0) is 17.4. The summed E-state index contributed by atoms with van der Waals surface area (Å²) < 4.78 is 18.8. The number of hydrogen-bond acceptors (Lipinski definition) is 3. The first-order valence-electron chi connectivity index (χ1n) is 8.41. The maximum atomic E-state index is 13.1. The molecule has 0 aliphatic carbocycles. The van der Waals surface area contributed by atoms with Crippen LogP contribution >= 0.6 is 0 Å². The summed E-state index contributed by atoms with van der Waals surface area (Å²) in [7, 11) is 0. The molecule has 4 nitrogen and oxygen atoms in total. The van der Waals surface area contributed by atoms with Gasteiger partial charge in [-0.15, -0.1) is 0 Å². The van der Waals surface area contributed by atoms with E-state index in [1.807, 2.05) is 36.1 Å². The Morgan fingerprint density at radius 3 is 2.36 bits per heavy atom. The lowest BCUT2D eigenvalue weighted by Gasteiger charge is -2.35. The number of carbonyl (C=O) groups is 1. The molecule has 0 unspecified atom stereocenters. The van der Waals surface area contributed by atoms with Gasteiger partial charge in [0, 0.05) is 42.8 Å². The van der Waals surface area contributed by atoms with Gasteiger partial charge in [-0.25, -0.2) is 4.39 Å². The fourth-order valence-corrected chi connectivity index (χ4v) is 3.34. The Bertz CT molecular complexity index is 909. The van der Waals surface area contributed by atoms with Gasteiger partial charge in [0.25, 0.3) is 5.91 Å². The van der Waals surface area contributed by atoms with Gasteiger partial charge < -0.3 is 14.2 Å². The average Bonchev–Trinajstić information content (AvgIpc) is 2.99. The Labute approximate surface area is 145 Å². The molecule has 4 rings (SSSR count). The van der Waals surface area contributed by atoms with Crippen LogP contribution in [0.4, 0.5) is 10.1 Å². The molecule has 1 fully saturated rings. The average molecular weight is 338 g/mol. The monoisotopic (exact) mass is 338 g/mol. The van der Waals surface area contributed by atoms with Gasteiger partial charge in [-0.1, -0.05) is 18.2 Å². The highest BCUT2D eigenvalue weighted by Crippen LogP contribution is 2.26. The molecule has 2 aromatic carbocycles. The van der Waals surface area contributed by atoms with Crippen molar-refractivity contribution < 1.29 is 13.6 Å². The molecule has 3 aromatic rings. The molecule has 2 heterocycles. The predicted octanol–water partition coefficient (Wildman–Crippen LogP) is 3.84. The van der Waals surface area contributed by atoms with Crippen molar-refractivity contribution in [3.05, 3.63) is 65.7 Å². The second-order valence-electron chi connectivity index (χ2n) is 6.31. The molecule has 0 N–H and O–H groups in total. The number of aryl methyl sites for hydroxylation is 1. The summed E-state index contributed by atoms with van der Waals surface area (Å²) in [5.41, 5.74) is 2.61. The highest BCUT2D eigenvalue weighted by Gasteiger charge is 2.26. The van der Waals surface area contributed by atoms with E-state index in [4.69, 9.17) is 4.42 Å². The number of fused-ring (bicyclic) bond motifs is 1. The molecule has 1 amide bonds. The second-order valence-corrected chi connectivity index (χ2v) is 6.31. The molecule has 1 aliphatic rings. The number of anilines is 1. The largest absolute Gasteiger partial charge is 0.451 e. The summed E-state index contributed by atoms with van der Waals surface area (Å²) in [6.45, 7) is 4.60. The van der Waals surface area contributed by atoms with Gasteiger partial charge >= 0.3 is 0 Å². The molecule has 128 valence electrons. The Hall–Kier alpha value is -2.82. The number of hydrogen-bond donors (Lipinski definition) is 0. The third kappa shape index (κ3) is 2.86. The van der Waals surface area contributed by atoms with Gasteiger partial charge in [0.15, 0.2) is 5.76 Å². The molecule has 1 aliphatic heterocycles. The van der Waals surface area contributed by atoms with Gasteiger partial charge in [0.05, 0.1) is 0 Å². The van der Waals surface area contributed by atoms with Crippen LogP contribution in [0.1, 0.15) is 16.1 Å². The molecule has 0 saturated carbocycles. The quantitative estimate of drug-likeness (QED) is 0.712. The minimum absolute atomic E-state index is 0.0625. The van der Waals surface area contributed by atoms with Gasteiger partial charge in [-0.05, 0) is 37.3 Å². The SMILES string of the molecule is Cc1c(C(=O)N2CCN(c3ccc(F)cc3)CC2)oc2ccccc12. The zero-order valence-corrected chi connectivity index (χ0v) is 14.0. The first-order chi connectivity index (χ1) is 12.1. The lowest BCUT2D eigenvalue weighted by atomic mass is 10.1. The normalized spacial score (nSPS) is 15.0. The van der Waals surface area contributed by atoms with Gasteiger partial charge in [0.2, 0.25) is 0 Å². The Morgan fingerprint density at radius 2 is 1.68 bits per heavy atom. The van der Waals surface area contributed by atoms with Crippen molar-refractivity contribution in [3.8, 4) is 0 Å². The van der Waals surface area contributed by atoms with Crippen LogP contribution in [0.5, 0.6) is 0 Å². The van der Waals surface area contributed by atoms with Crippen molar-refractivity contribution in [1.29, 1.82) is 0 Å². The van der Waals surface area contributed by atoms with Crippen LogP contribution in [0, 0.1) is 12.7 Å². The van der Waals surface area contributed by atoms with Crippen molar-refractivity contribution in [2.45, 2.75) is 6.92 Å². The first-order valence-corrected chi connectivity index (χ1v) is 8.41. The first kappa shape index (κ1) is 15.7. The summed E-state index contributed by atoms with van der Waals surface area (Å²) >= 11 is 0. The molecule has 0 bridgehead atoms. The minimum Gasteiger partial charge on any atom is -0.451 e. The number of rotatable bonds is 2. The summed E-state index contributed by atoms with van der Waals surface area (Å²) in [5, 5.41) is 0.982. The highest BCUT2D eigenvalue weighted by atomic mass is 19.1. The Kier molecular flexibility index (Phi) is 3.92. The minimum atomic E-state index is -0.238. The van der Waals surface area contributed by atoms with E-state index in [0.717, 1.165) is 35.3 Å². The topological polar surface area (TPSA) is 36.7 Å². The summed E-state index contributed by atoms with van der Waals surface area (Å²) in [6.07, 6.45) is 0. The van der Waals surface area contributed by atoms with E-state index in [-0.39, 0.29) is 11.7 Å². The van der Waals surface area contributed by atoms with Crippen LogP contribution < -0.4 is 4.90 Å². The van der Waals surface area contributed by atoms with Crippen LogP contribution in [-0.2, 0) is 0 Å². The van der Waals surface area contributed by atoms with Crippen molar-refractivity contribution in [3.63, 3.8) is 0 Å². The van der Waals surface area contributed by atoms with Crippen LogP contribution in [0.25, 0.3) is 11.0 Å². The van der Waals surface area contributed by atoms with Crippen LogP contribution in [0.15, 0.2) is 52.9 Å². The molecule has 0 atom stereocenters. The summed E-state index contributed by atoms with van der Waals surface area (Å²) in [6, 6.07) is 14.2. The fourth-order valence-electron chi connectivity index (χ4n) is 3.34. The van der Waals surface area contributed by atoms with E-state index in [0.29, 0.717) is 18.8 Å².